The number of rotatable bonds is 3. The van der Waals surface area contributed by atoms with Crippen LogP contribution in [0.15, 0.2) is 40.8 Å². The minimum atomic E-state index is -1.47. The summed E-state index contributed by atoms with van der Waals surface area (Å²) in [6.07, 6.45) is -1.47. The molecule has 2 aromatic carbocycles. The number of hydrogen-bond acceptors (Lipinski definition) is 5. The van der Waals surface area contributed by atoms with Crippen LogP contribution in [0.5, 0.6) is 5.95 Å². The number of piperazine rings is 1. The molecule has 0 saturated carbocycles. The average Bonchev–Trinajstić information content (AvgIpc) is 3.12. The quantitative estimate of drug-likeness (QED) is 0.516. The summed E-state index contributed by atoms with van der Waals surface area (Å²) >= 11 is 18.7. The van der Waals surface area contributed by atoms with Crippen molar-refractivity contribution in [3.63, 3.8) is 0 Å². The second-order valence-corrected chi connectivity index (χ2v) is 7.87. The second-order valence-electron chi connectivity index (χ2n) is 6.65. The first-order valence-electron chi connectivity index (χ1n) is 8.95. The SMILES string of the molecule is O=C(O)Oc1cc2c(Cl)c(N3CCN(C(=O)c4cc(Cl)ccc4Cl)CC3)ccc2o1. The van der Waals surface area contributed by atoms with Crippen molar-refractivity contribution in [1.29, 1.82) is 0 Å². The van der Waals surface area contributed by atoms with Gasteiger partial charge in [0.25, 0.3) is 11.9 Å². The van der Waals surface area contributed by atoms with E-state index in [1.807, 2.05) is 0 Å². The largest absolute Gasteiger partial charge is 0.513 e. The van der Waals surface area contributed by atoms with E-state index in [1.165, 1.54) is 6.07 Å². The van der Waals surface area contributed by atoms with Gasteiger partial charge in [0, 0.05) is 42.7 Å². The number of ether oxygens (including phenoxy) is 1. The van der Waals surface area contributed by atoms with Crippen LogP contribution in [-0.4, -0.2) is 48.2 Å². The molecular formula is C20H15Cl3N2O5. The van der Waals surface area contributed by atoms with Crippen molar-refractivity contribution in [2.24, 2.45) is 0 Å². The number of amides is 1. The smallest absolute Gasteiger partial charge is 0.449 e. The lowest BCUT2D eigenvalue weighted by Crippen LogP contribution is -2.49. The first kappa shape index (κ1) is 20.7. The molecule has 1 amide bonds. The molecule has 0 aliphatic carbocycles. The van der Waals surface area contributed by atoms with Crippen molar-refractivity contribution in [2.75, 3.05) is 31.1 Å². The Hall–Kier alpha value is -2.61. The number of nitrogens with zero attached hydrogens (tertiary/aromatic N) is 2. The van der Waals surface area contributed by atoms with Crippen molar-refractivity contribution in [1.82, 2.24) is 4.90 Å². The highest BCUT2D eigenvalue weighted by Gasteiger charge is 2.26. The molecule has 0 spiro atoms. The third-order valence-corrected chi connectivity index (χ3v) is 5.81. The highest BCUT2D eigenvalue weighted by Crippen LogP contribution is 2.37. The maximum atomic E-state index is 12.8. The summed E-state index contributed by atoms with van der Waals surface area (Å²) in [6, 6.07) is 9.75. The van der Waals surface area contributed by atoms with E-state index < -0.39 is 6.16 Å². The number of carbonyl (C=O) groups excluding carboxylic acids is 1. The maximum absolute atomic E-state index is 12.8. The monoisotopic (exact) mass is 468 g/mol. The molecule has 1 aromatic heterocycles. The molecule has 1 saturated heterocycles. The number of benzene rings is 2. The lowest BCUT2D eigenvalue weighted by Gasteiger charge is -2.36. The number of hydrogen-bond donors (Lipinski definition) is 1. The van der Waals surface area contributed by atoms with Crippen LogP contribution >= 0.6 is 34.8 Å². The van der Waals surface area contributed by atoms with Crippen molar-refractivity contribution >= 4 is 63.5 Å². The summed E-state index contributed by atoms with van der Waals surface area (Å²) in [5.74, 6) is -0.320. The van der Waals surface area contributed by atoms with Gasteiger partial charge in [0.15, 0.2) is 0 Å². The molecule has 0 unspecified atom stereocenters. The third kappa shape index (κ3) is 4.01. The number of halogens is 3. The number of carbonyl (C=O) groups is 2. The normalized spacial score (nSPS) is 14.2. The number of carboxylic acid groups (broad SMARTS) is 1. The van der Waals surface area contributed by atoms with Gasteiger partial charge in [-0.1, -0.05) is 34.8 Å². The molecule has 1 N–H and O–H groups in total. The van der Waals surface area contributed by atoms with Gasteiger partial charge < -0.3 is 24.1 Å². The van der Waals surface area contributed by atoms with Crippen LogP contribution in [0.2, 0.25) is 15.1 Å². The molecule has 2 heterocycles. The second kappa shape index (κ2) is 8.26. The fourth-order valence-corrected chi connectivity index (χ4v) is 4.11. The summed E-state index contributed by atoms with van der Waals surface area (Å²) in [5.41, 5.74) is 1.56. The summed E-state index contributed by atoms with van der Waals surface area (Å²) < 4.78 is 9.89. The van der Waals surface area contributed by atoms with E-state index in [2.05, 4.69) is 9.64 Å². The van der Waals surface area contributed by atoms with Crippen molar-refractivity contribution in [2.45, 2.75) is 0 Å². The Morgan fingerprint density at radius 3 is 2.43 bits per heavy atom. The molecule has 0 radical (unpaired) electrons. The fourth-order valence-electron chi connectivity index (χ4n) is 3.41. The van der Waals surface area contributed by atoms with Gasteiger partial charge in [0.05, 0.1) is 21.3 Å². The molecule has 3 aromatic rings. The number of fused-ring (bicyclic) bond motifs is 1. The van der Waals surface area contributed by atoms with E-state index in [9.17, 15) is 9.59 Å². The molecule has 1 aliphatic rings. The van der Waals surface area contributed by atoms with E-state index in [-0.39, 0.29) is 11.9 Å². The topological polar surface area (TPSA) is 83.2 Å². The minimum absolute atomic E-state index is 0.148. The van der Waals surface area contributed by atoms with Gasteiger partial charge >= 0.3 is 6.16 Å². The highest BCUT2D eigenvalue weighted by molar-refractivity contribution is 6.38. The Kier molecular flexibility index (Phi) is 5.69. The Balaban J connectivity index is 1.50. The Morgan fingerprint density at radius 1 is 1.00 bits per heavy atom. The zero-order chi connectivity index (χ0) is 21.4. The summed E-state index contributed by atoms with van der Waals surface area (Å²) in [5, 5.41) is 10.5. The van der Waals surface area contributed by atoms with Crippen molar-refractivity contribution < 1.29 is 23.8 Å². The molecule has 4 rings (SSSR count). The van der Waals surface area contributed by atoms with Crippen molar-refractivity contribution in [3.8, 4) is 5.95 Å². The molecule has 1 aliphatic heterocycles. The van der Waals surface area contributed by atoms with Crippen molar-refractivity contribution in [3.05, 3.63) is 57.0 Å². The molecule has 10 heteroatoms. The van der Waals surface area contributed by atoms with Gasteiger partial charge in [0.1, 0.15) is 5.58 Å². The van der Waals surface area contributed by atoms with Gasteiger partial charge in [-0.15, -0.1) is 0 Å². The number of furan rings is 1. The Bertz CT molecular complexity index is 1140. The van der Waals surface area contributed by atoms with Crippen LogP contribution in [0, 0.1) is 0 Å². The first-order valence-corrected chi connectivity index (χ1v) is 10.1. The molecule has 156 valence electrons. The van der Waals surface area contributed by atoms with Gasteiger partial charge in [-0.25, -0.2) is 4.79 Å². The molecule has 7 nitrogen and oxygen atoms in total. The fraction of sp³-hybridized carbons (Fsp3) is 0.200. The maximum Gasteiger partial charge on any atom is 0.513 e. The van der Waals surface area contributed by atoms with Gasteiger partial charge in [-0.2, -0.15) is 0 Å². The minimum Gasteiger partial charge on any atom is -0.449 e. The van der Waals surface area contributed by atoms with Gasteiger partial charge in [-0.05, 0) is 30.3 Å². The first-order chi connectivity index (χ1) is 14.3. The van der Waals surface area contributed by atoms with E-state index in [4.69, 9.17) is 44.3 Å². The summed E-state index contributed by atoms with van der Waals surface area (Å²) in [7, 11) is 0. The Labute approximate surface area is 186 Å². The Morgan fingerprint density at radius 2 is 1.73 bits per heavy atom. The van der Waals surface area contributed by atoms with Crippen LogP contribution < -0.4 is 9.64 Å². The van der Waals surface area contributed by atoms with Gasteiger partial charge in [-0.3, -0.25) is 4.79 Å². The van der Waals surface area contributed by atoms with E-state index in [1.54, 1.807) is 35.2 Å². The van der Waals surface area contributed by atoms with E-state index >= 15 is 0 Å². The molecule has 1 fully saturated rings. The predicted octanol–water partition coefficient (Wildman–Crippen LogP) is 5.41. The highest BCUT2D eigenvalue weighted by atomic mass is 35.5. The van der Waals surface area contributed by atoms with Gasteiger partial charge in [0.2, 0.25) is 0 Å². The molecule has 0 atom stereocenters. The van der Waals surface area contributed by atoms with E-state index in [0.29, 0.717) is 57.8 Å². The van der Waals surface area contributed by atoms with Crippen LogP contribution in [0.1, 0.15) is 10.4 Å². The van der Waals surface area contributed by atoms with Crippen LogP contribution in [0.25, 0.3) is 11.0 Å². The summed E-state index contributed by atoms with van der Waals surface area (Å²) in [6.45, 7) is 2.08. The summed E-state index contributed by atoms with van der Waals surface area (Å²) in [4.78, 5) is 27.3. The zero-order valence-electron chi connectivity index (χ0n) is 15.4. The standard InChI is InChI=1S/C20H15Cl3N2O5/c21-11-1-2-14(22)12(9-11)19(26)25-7-5-24(6-8-25)15-3-4-16-13(18(15)23)10-17(29-16)30-20(27)28/h1-4,9-10H,5-8H2,(H,27,28). The van der Waals surface area contributed by atoms with Crippen LogP contribution in [0.4, 0.5) is 10.5 Å². The lowest BCUT2D eigenvalue weighted by molar-refractivity contribution is 0.0747. The molecule has 30 heavy (non-hydrogen) atoms. The van der Waals surface area contributed by atoms with E-state index in [0.717, 1.165) is 5.69 Å². The van der Waals surface area contributed by atoms with Crippen LogP contribution in [0.3, 0.4) is 0 Å². The van der Waals surface area contributed by atoms with Crippen LogP contribution in [-0.2, 0) is 0 Å². The average molecular weight is 470 g/mol. The number of anilines is 1. The predicted molar refractivity (Wildman–Crippen MR) is 114 cm³/mol. The third-order valence-electron chi connectivity index (χ3n) is 4.85. The molecule has 0 bridgehead atoms. The lowest BCUT2D eigenvalue weighted by atomic mass is 10.1. The molecular weight excluding hydrogens is 455 g/mol. The zero-order valence-corrected chi connectivity index (χ0v) is 17.7.